The molecule has 2 aromatic rings. The van der Waals surface area contributed by atoms with Crippen LogP contribution in [-0.2, 0) is 4.74 Å². The van der Waals surface area contributed by atoms with E-state index in [1.807, 2.05) is 6.07 Å². The molecule has 0 spiro atoms. The number of imidazole rings is 1. The van der Waals surface area contributed by atoms with Crippen LogP contribution >= 0.6 is 0 Å². The summed E-state index contributed by atoms with van der Waals surface area (Å²) >= 11 is 0. The van der Waals surface area contributed by atoms with Crippen LogP contribution in [0.5, 0.6) is 0 Å². The van der Waals surface area contributed by atoms with Gasteiger partial charge in [0.2, 0.25) is 11.5 Å². The van der Waals surface area contributed by atoms with Crippen molar-refractivity contribution in [1.82, 2.24) is 14.3 Å². The van der Waals surface area contributed by atoms with Gasteiger partial charge in [-0.3, -0.25) is 4.90 Å². The topological polar surface area (TPSA) is 84.9 Å². The molecule has 23 heavy (non-hydrogen) atoms. The van der Waals surface area contributed by atoms with Crippen molar-refractivity contribution in [3.63, 3.8) is 0 Å². The van der Waals surface area contributed by atoms with Gasteiger partial charge in [0.1, 0.15) is 0 Å². The zero-order valence-corrected chi connectivity index (χ0v) is 12.7. The van der Waals surface area contributed by atoms with Gasteiger partial charge in [0.25, 0.3) is 0 Å². The highest BCUT2D eigenvalue weighted by molar-refractivity contribution is 5.62. The Hall–Kier alpha value is -2.19. The smallest absolute Gasteiger partial charge is 0.372 e. The highest BCUT2D eigenvalue weighted by atomic mass is 16.6. The lowest BCUT2D eigenvalue weighted by molar-refractivity contribution is -0.389. The first-order chi connectivity index (χ1) is 11.2. The van der Waals surface area contributed by atoms with Gasteiger partial charge in [-0.25, -0.2) is 0 Å². The van der Waals surface area contributed by atoms with Crippen molar-refractivity contribution in [3.05, 3.63) is 34.5 Å². The second-order valence-electron chi connectivity index (χ2n) is 6.10. The Morgan fingerprint density at radius 2 is 2.39 bits per heavy atom. The van der Waals surface area contributed by atoms with Crippen LogP contribution in [0.2, 0.25) is 0 Å². The molecule has 2 aliphatic heterocycles. The van der Waals surface area contributed by atoms with Crippen LogP contribution in [0.1, 0.15) is 12.8 Å². The van der Waals surface area contributed by atoms with Crippen molar-refractivity contribution < 1.29 is 9.66 Å². The van der Waals surface area contributed by atoms with Crippen molar-refractivity contribution >= 4 is 17.3 Å². The highest BCUT2D eigenvalue weighted by Crippen LogP contribution is 2.26. The third-order valence-corrected chi connectivity index (χ3v) is 4.64. The number of anilines is 1. The summed E-state index contributed by atoms with van der Waals surface area (Å²) in [5, 5.41) is 14.5. The molecule has 2 aromatic heterocycles. The molecule has 0 radical (unpaired) electrons. The Balaban J connectivity index is 1.49. The van der Waals surface area contributed by atoms with E-state index >= 15 is 0 Å². The van der Waals surface area contributed by atoms with Gasteiger partial charge in [-0.15, -0.1) is 0 Å². The molecule has 122 valence electrons. The van der Waals surface area contributed by atoms with E-state index in [4.69, 9.17) is 4.74 Å². The Morgan fingerprint density at radius 3 is 3.26 bits per heavy atom. The summed E-state index contributed by atoms with van der Waals surface area (Å²) < 4.78 is 7.37. The summed E-state index contributed by atoms with van der Waals surface area (Å²) in [7, 11) is 0. The van der Waals surface area contributed by atoms with Gasteiger partial charge in [-0.2, -0.15) is 9.38 Å². The van der Waals surface area contributed by atoms with E-state index in [0.29, 0.717) is 24.1 Å². The van der Waals surface area contributed by atoms with Gasteiger partial charge < -0.3 is 20.2 Å². The fourth-order valence-electron chi connectivity index (χ4n) is 3.50. The standard InChI is InChI=1S/C15H19N5O3/c21-20(22)15-14(17-13-5-1-2-7-19(13)15)16-8-12-9-18-6-3-4-11(18)10-23-12/h1-2,5,7,11-12,16H,3-4,6,8-10H2/t11-,12-/m1/s1. The first-order valence-electron chi connectivity index (χ1n) is 7.93. The van der Waals surface area contributed by atoms with Crippen molar-refractivity contribution in [2.45, 2.75) is 25.0 Å². The molecule has 8 heteroatoms. The SMILES string of the molecule is O=[N+]([O-])c1c(NC[C@@H]2CN3CCC[C@@H]3CO2)nc2ccccn12. The molecule has 2 saturated heterocycles. The molecule has 8 nitrogen and oxygen atoms in total. The largest absolute Gasteiger partial charge is 0.373 e. The van der Waals surface area contributed by atoms with Gasteiger partial charge >= 0.3 is 5.82 Å². The van der Waals surface area contributed by atoms with Crippen molar-refractivity contribution in [1.29, 1.82) is 0 Å². The molecule has 2 aliphatic rings. The van der Waals surface area contributed by atoms with E-state index < -0.39 is 4.92 Å². The number of morpholine rings is 1. The van der Waals surface area contributed by atoms with Crippen molar-refractivity contribution in [2.24, 2.45) is 0 Å². The predicted octanol–water partition coefficient (Wildman–Crippen LogP) is 1.52. The minimum Gasteiger partial charge on any atom is -0.373 e. The summed E-state index contributed by atoms with van der Waals surface area (Å²) in [6.07, 6.45) is 4.12. The molecule has 0 aromatic carbocycles. The minimum absolute atomic E-state index is 0.0320. The zero-order chi connectivity index (χ0) is 15.8. The number of hydrogen-bond acceptors (Lipinski definition) is 6. The number of nitro groups is 1. The van der Waals surface area contributed by atoms with Crippen LogP contribution in [0.25, 0.3) is 5.65 Å². The molecule has 0 unspecified atom stereocenters. The lowest BCUT2D eigenvalue weighted by Crippen LogP contribution is -2.48. The van der Waals surface area contributed by atoms with Gasteiger partial charge in [-0.1, -0.05) is 6.07 Å². The van der Waals surface area contributed by atoms with Crippen LogP contribution in [0.15, 0.2) is 24.4 Å². The number of nitrogens with zero attached hydrogens (tertiary/aromatic N) is 4. The average Bonchev–Trinajstić information content (AvgIpc) is 3.16. The van der Waals surface area contributed by atoms with E-state index in [1.54, 1.807) is 18.3 Å². The third-order valence-electron chi connectivity index (χ3n) is 4.64. The van der Waals surface area contributed by atoms with Crippen LogP contribution < -0.4 is 5.32 Å². The second kappa shape index (κ2) is 5.78. The number of rotatable bonds is 4. The quantitative estimate of drug-likeness (QED) is 0.680. The van der Waals surface area contributed by atoms with E-state index in [0.717, 1.165) is 19.7 Å². The van der Waals surface area contributed by atoms with Crippen LogP contribution in [0, 0.1) is 10.1 Å². The first kappa shape index (κ1) is 14.4. The van der Waals surface area contributed by atoms with Crippen molar-refractivity contribution in [2.75, 3.05) is 31.6 Å². The molecule has 0 bridgehead atoms. The molecule has 1 N–H and O–H groups in total. The summed E-state index contributed by atoms with van der Waals surface area (Å²) in [5.41, 5.74) is 0.561. The Labute approximate surface area is 133 Å². The average molecular weight is 317 g/mol. The molecule has 2 fully saturated rings. The molecular weight excluding hydrogens is 298 g/mol. The lowest BCUT2D eigenvalue weighted by atomic mass is 10.2. The maximum atomic E-state index is 11.4. The van der Waals surface area contributed by atoms with Gasteiger partial charge in [0, 0.05) is 25.2 Å². The fraction of sp³-hybridized carbons (Fsp3) is 0.533. The molecule has 4 rings (SSSR count). The Bertz CT molecular complexity index is 731. The lowest BCUT2D eigenvalue weighted by Gasteiger charge is -2.35. The maximum absolute atomic E-state index is 11.4. The summed E-state index contributed by atoms with van der Waals surface area (Å²) in [5.74, 6) is 0.267. The van der Waals surface area contributed by atoms with E-state index in [-0.39, 0.29) is 11.9 Å². The highest BCUT2D eigenvalue weighted by Gasteiger charge is 2.32. The van der Waals surface area contributed by atoms with E-state index in [9.17, 15) is 10.1 Å². The number of pyridine rings is 1. The second-order valence-corrected chi connectivity index (χ2v) is 6.10. The number of aromatic nitrogens is 2. The minimum atomic E-state index is -0.402. The van der Waals surface area contributed by atoms with E-state index in [1.165, 1.54) is 17.2 Å². The Kier molecular flexibility index (Phi) is 3.62. The first-order valence-corrected chi connectivity index (χ1v) is 7.93. The van der Waals surface area contributed by atoms with E-state index in [2.05, 4.69) is 15.2 Å². The summed E-state index contributed by atoms with van der Waals surface area (Å²) in [6, 6.07) is 5.87. The predicted molar refractivity (Wildman–Crippen MR) is 84.7 cm³/mol. The van der Waals surface area contributed by atoms with Gasteiger partial charge in [-0.05, 0) is 30.4 Å². The molecule has 0 amide bonds. The normalized spacial score (nSPS) is 24.7. The monoisotopic (exact) mass is 317 g/mol. The van der Waals surface area contributed by atoms with Crippen LogP contribution in [0.3, 0.4) is 0 Å². The number of nitrogens with one attached hydrogen (secondary N) is 1. The van der Waals surface area contributed by atoms with Gasteiger partial charge in [0.05, 0.1) is 18.9 Å². The Morgan fingerprint density at radius 1 is 1.48 bits per heavy atom. The number of fused-ring (bicyclic) bond motifs is 2. The molecular formula is C15H19N5O3. The molecule has 2 atom stereocenters. The summed E-state index contributed by atoms with van der Waals surface area (Å²) in [6.45, 7) is 3.27. The van der Waals surface area contributed by atoms with Crippen molar-refractivity contribution in [3.8, 4) is 0 Å². The number of ether oxygens (including phenoxy) is 1. The third kappa shape index (κ3) is 2.64. The van der Waals surface area contributed by atoms with Crippen LogP contribution in [-0.4, -0.2) is 57.6 Å². The maximum Gasteiger partial charge on any atom is 0.372 e. The zero-order valence-electron chi connectivity index (χ0n) is 12.7. The molecule has 4 heterocycles. The summed E-state index contributed by atoms with van der Waals surface area (Å²) in [4.78, 5) is 17.7. The van der Waals surface area contributed by atoms with Gasteiger partial charge in [0.15, 0.2) is 0 Å². The molecule has 0 aliphatic carbocycles. The molecule has 0 saturated carbocycles. The number of hydrogen-bond donors (Lipinski definition) is 1. The van der Waals surface area contributed by atoms with Crippen LogP contribution in [0.4, 0.5) is 11.6 Å². The fourth-order valence-corrected chi connectivity index (χ4v) is 3.50.